The summed E-state index contributed by atoms with van der Waals surface area (Å²) in [5.41, 5.74) is 2.27. The van der Waals surface area contributed by atoms with Gasteiger partial charge in [0.25, 0.3) is 0 Å². The maximum Gasteiger partial charge on any atom is 0.185 e. The first kappa shape index (κ1) is 9.18. The molecule has 0 bridgehead atoms. The Morgan fingerprint density at radius 2 is 2.36 bits per heavy atom. The molecule has 1 unspecified atom stereocenters. The summed E-state index contributed by atoms with van der Waals surface area (Å²) >= 11 is 0. The number of aldehydes is 1. The van der Waals surface area contributed by atoms with Crippen molar-refractivity contribution < 1.29 is 19.7 Å². The van der Waals surface area contributed by atoms with Crippen molar-refractivity contribution in [1.82, 2.24) is 0 Å². The highest BCUT2D eigenvalue weighted by Crippen LogP contribution is 2.38. The maximum atomic E-state index is 10.6. The van der Waals surface area contributed by atoms with E-state index in [1.54, 1.807) is 6.92 Å². The van der Waals surface area contributed by atoms with Gasteiger partial charge in [-0.2, -0.15) is 0 Å². The lowest BCUT2D eigenvalue weighted by Crippen LogP contribution is -1.97. The first-order chi connectivity index (χ1) is 6.65. The lowest BCUT2D eigenvalue weighted by Gasteiger charge is -2.08. The second-order valence-electron chi connectivity index (χ2n) is 3.28. The molecule has 14 heavy (non-hydrogen) atoms. The Hall–Kier alpha value is -1.39. The minimum absolute atomic E-state index is 0.0855. The average Bonchev–Trinajstić information content (AvgIpc) is 2.54. The Balaban J connectivity index is 2.70. The molecule has 1 heterocycles. The number of carbonyl (C=O) groups excluding carboxylic acids is 1. The summed E-state index contributed by atoms with van der Waals surface area (Å²) in [5, 5.41) is 18.9. The summed E-state index contributed by atoms with van der Waals surface area (Å²) in [6, 6.07) is 1.35. The summed E-state index contributed by atoms with van der Waals surface area (Å²) in [6.07, 6.45) is -0.399. The molecule has 1 aromatic carbocycles. The number of phenols is 1. The van der Waals surface area contributed by atoms with E-state index in [-0.39, 0.29) is 12.4 Å². The molecule has 0 spiro atoms. The van der Waals surface area contributed by atoms with Crippen molar-refractivity contribution in [2.75, 3.05) is 0 Å². The summed E-state index contributed by atoms with van der Waals surface area (Å²) in [7, 11) is 0. The first-order valence-corrected chi connectivity index (χ1v) is 4.25. The number of aromatic hydroxyl groups is 1. The Morgan fingerprint density at radius 1 is 1.64 bits per heavy atom. The van der Waals surface area contributed by atoms with Crippen LogP contribution in [0.4, 0.5) is 0 Å². The van der Waals surface area contributed by atoms with E-state index in [0.29, 0.717) is 23.0 Å². The van der Waals surface area contributed by atoms with E-state index in [1.807, 2.05) is 0 Å². The number of hydrogen-bond donors (Lipinski definition) is 2. The molecule has 1 aromatic rings. The third kappa shape index (κ3) is 1.12. The van der Waals surface area contributed by atoms with Crippen LogP contribution in [0.2, 0.25) is 0 Å². The number of aliphatic hydroxyl groups excluding tert-OH is 1. The van der Waals surface area contributed by atoms with E-state index < -0.39 is 6.29 Å². The number of carbonyl (C=O) groups is 1. The normalized spacial score (nSPS) is 19.4. The fourth-order valence-corrected chi connectivity index (χ4v) is 1.69. The first-order valence-electron chi connectivity index (χ1n) is 4.25. The lowest BCUT2D eigenvalue weighted by molar-refractivity contribution is -0.0926. The Kier molecular flexibility index (Phi) is 2.02. The van der Waals surface area contributed by atoms with E-state index in [0.717, 1.165) is 5.56 Å². The van der Waals surface area contributed by atoms with Gasteiger partial charge in [0.2, 0.25) is 0 Å². The zero-order valence-corrected chi connectivity index (χ0v) is 7.65. The van der Waals surface area contributed by atoms with Crippen molar-refractivity contribution in [3.05, 3.63) is 28.3 Å². The quantitative estimate of drug-likeness (QED) is 0.655. The van der Waals surface area contributed by atoms with Gasteiger partial charge in [-0.3, -0.25) is 4.79 Å². The molecule has 2 N–H and O–H groups in total. The highest BCUT2D eigenvalue weighted by molar-refractivity contribution is 5.79. The van der Waals surface area contributed by atoms with Crippen LogP contribution in [0.25, 0.3) is 0 Å². The standard InChI is InChI=1S/C10H10O4/c1-5-6(3-11)2-8(12)9-7(5)4-14-10(9)13/h2-3,10,12-13H,4H2,1H3. The molecule has 4 heteroatoms. The predicted octanol–water partition coefficient (Wildman–Crippen LogP) is 1.03. The zero-order valence-electron chi connectivity index (χ0n) is 7.65. The fraction of sp³-hybridized carbons (Fsp3) is 0.300. The van der Waals surface area contributed by atoms with E-state index in [4.69, 9.17) is 4.74 Å². The second kappa shape index (κ2) is 3.08. The molecule has 0 aromatic heterocycles. The summed E-state index contributed by atoms with van der Waals surface area (Å²) in [5.74, 6) is -0.0855. The van der Waals surface area contributed by atoms with E-state index >= 15 is 0 Å². The molecule has 1 aliphatic rings. The highest BCUT2D eigenvalue weighted by Gasteiger charge is 2.27. The number of fused-ring (bicyclic) bond motifs is 1. The molecule has 1 aliphatic heterocycles. The van der Waals surface area contributed by atoms with Crippen molar-refractivity contribution in [3.63, 3.8) is 0 Å². The van der Waals surface area contributed by atoms with Crippen molar-refractivity contribution in [1.29, 1.82) is 0 Å². The highest BCUT2D eigenvalue weighted by atomic mass is 16.6. The number of aliphatic hydroxyl groups is 1. The van der Waals surface area contributed by atoms with Crippen LogP contribution in [0.5, 0.6) is 5.75 Å². The van der Waals surface area contributed by atoms with Crippen LogP contribution in [-0.4, -0.2) is 16.5 Å². The van der Waals surface area contributed by atoms with Crippen molar-refractivity contribution in [2.24, 2.45) is 0 Å². The maximum absolute atomic E-state index is 10.6. The molecule has 0 radical (unpaired) electrons. The number of benzene rings is 1. The van der Waals surface area contributed by atoms with Gasteiger partial charge in [-0.1, -0.05) is 0 Å². The van der Waals surface area contributed by atoms with Gasteiger partial charge >= 0.3 is 0 Å². The van der Waals surface area contributed by atoms with Gasteiger partial charge in [-0.05, 0) is 24.1 Å². The smallest absolute Gasteiger partial charge is 0.185 e. The topological polar surface area (TPSA) is 66.8 Å². The van der Waals surface area contributed by atoms with Gasteiger partial charge in [0.1, 0.15) is 12.0 Å². The van der Waals surface area contributed by atoms with E-state index in [2.05, 4.69) is 0 Å². The number of hydrogen-bond acceptors (Lipinski definition) is 4. The van der Waals surface area contributed by atoms with Crippen LogP contribution >= 0.6 is 0 Å². The van der Waals surface area contributed by atoms with Gasteiger partial charge in [0, 0.05) is 5.56 Å². The van der Waals surface area contributed by atoms with Crippen LogP contribution in [-0.2, 0) is 11.3 Å². The largest absolute Gasteiger partial charge is 0.507 e. The monoisotopic (exact) mass is 194 g/mol. The third-order valence-corrected chi connectivity index (χ3v) is 2.54. The minimum Gasteiger partial charge on any atom is -0.507 e. The molecule has 0 amide bonds. The number of ether oxygens (including phenoxy) is 1. The van der Waals surface area contributed by atoms with Gasteiger partial charge in [-0.15, -0.1) is 0 Å². The average molecular weight is 194 g/mol. The van der Waals surface area contributed by atoms with Crippen LogP contribution in [0.15, 0.2) is 6.07 Å². The van der Waals surface area contributed by atoms with E-state index in [1.165, 1.54) is 6.07 Å². The molecular weight excluding hydrogens is 184 g/mol. The van der Waals surface area contributed by atoms with Crippen molar-refractivity contribution >= 4 is 6.29 Å². The van der Waals surface area contributed by atoms with Crippen LogP contribution in [0.1, 0.15) is 33.3 Å². The molecular formula is C10H10O4. The lowest BCUT2D eigenvalue weighted by atomic mass is 9.98. The van der Waals surface area contributed by atoms with Gasteiger partial charge in [0.15, 0.2) is 6.29 Å². The van der Waals surface area contributed by atoms with Gasteiger partial charge in [0.05, 0.1) is 12.2 Å². The third-order valence-electron chi connectivity index (χ3n) is 2.54. The predicted molar refractivity (Wildman–Crippen MR) is 48.0 cm³/mol. The Morgan fingerprint density at radius 3 is 3.00 bits per heavy atom. The van der Waals surface area contributed by atoms with Crippen molar-refractivity contribution in [3.8, 4) is 5.75 Å². The minimum atomic E-state index is -1.08. The molecule has 0 aliphatic carbocycles. The molecule has 2 rings (SSSR count). The molecule has 4 nitrogen and oxygen atoms in total. The zero-order chi connectivity index (χ0) is 10.3. The summed E-state index contributed by atoms with van der Waals surface area (Å²) < 4.78 is 4.96. The Labute approximate surface area is 80.7 Å². The molecule has 74 valence electrons. The Bertz CT molecular complexity index is 398. The molecule has 1 atom stereocenters. The number of phenolic OH excluding ortho intramolecular Hbond substituents is 1. The van der Waals surface area contributed by atoms with E-state index in [9.17, 15) is 15.0 Å². The van der Waals surface area contributed by atoms with Gasteiger partial charge in [-0.25, -0.2) is 0 Å². The van der Waals surface area contributed by atoms with Gasteiger partial charge < -0.3 is 14.9 Å². The second-order valence-corrected chi connectivity index (χ2v) is 3.28. The number of rotatable bonds is 1. The van der Waals surface area contributed by atoms with Crippen LogP contribution < -0.4 is 0 Å². The summed E-state index contributed by atoms with van der Waals surface area (Å²) in [4.78, 5) is 10.6. The van der Waals surface area contributed by atoms with Crippen LogP contribution in [0, 0.1) is 6.92 Å². The molecule has 0 fully saturated rings. The fourth-order valence-electron chi connectivity index (χ4n) is 1.69. The summed E-state index contributed by atoms with van der Waals surface area (Å²) in [6.45, 7) is 2.00. The van der Waals surface area contributed by atoms with Crippen LogP contribution in [0.3, 0.4) is 0 Å². The molecule has 0 saturated carbocycles. The molecule has 0 saturated heterocycles. The van der Waals surface area contributed by atoms with Crippen molar-refractivity contribution in [2.45, 2.75) is 19.8 Å². The SMILES string of the molecule is Cc1c(C=O)cc(O)c2c1COC2O.